The van der Waals surface area contributed by atoms with Gasteiger partial charge in [0.2, 0.25) is 5.95 Å². The van der Waals surface area contributed by atoms with E-state index in [1.165, 1.54) is 0 Å². The first-order chi connectivity index (χ1) is 12.5. The minimum absolute atomic E-state index is 0. The van der Waals surface area contributed by atoms with Gasteiger partial charge in [0.05, 0.1) is 6.54 Å². The Morgan fingerprint density at radius 1 is 1.11 bits per heavy atom. The molecule has 8 heteroatoms. The summed E-state index contributed by atoms with van der Waals surface area (Å²) in [5.74, 6) is 1.84. The van der Waals surface area contributed by atoms with Crippen LogP contribution in [-0.2, 0) is 0 Å². The number of anilines is 1. The molecule has 0 aliphatic carbocycles. The number of guanidine groups is 1. The van der Waals surface area contributed by atoms with Gasteiger partial charge in [-0.2, -0.15) is 0 Å². The van der Waals surface area contributed by atoms with Crippen LogP contribution in [0.3, 0.4) is 0 Å². The lowest BCUT2D eigenvalue weighted by Crippen LogP contribution is -2.53. The van der Waals surface area contributed by atoms with Gasteiger partial charge in [-0.25, -0.2) is 9.97 Å². The van der Waals surface area contributed by atoms with Crippen molar-refractivity contribution in [1.29, 1.82) is 0 Å². The van der Waals surface area contributed by atoms with Crippen molar-refractivity contribution in [2.75, 3.05) is 50.7 Å². The van der Waals surface area contributed by atoms with Crippen molar-refractivity contribution in [2.24, 2.45) is 4.99 Å². The molecule has 1 aromatic heterocycles. The van der Waals surface area contributed by atoms with Crippen LogP contribution < -0.4 is 10.2 Å². The zero-order valence-electron chi connectivity index (χ0n) is 17.4. The highest BCUT2D eigenvalue weighted by Crippen LogP contribution is 2.10. The van der Waals surface area contributed by atoms with Gasteiger partial charge in [0, 0.05) is 63.7 Å². The maximum Gasteiger partial charge on any atom is 0.225 e. The Hall–Kier alpha value is -1.16. The fourth-order valence-corrected chi connectivity index (χ4v) is 3.38. The first-order valence-electron chi connectivity index (χ1n) is 9.83. The Kier molecular flexibility index (Phi) is 10.9. The van der Waals surface area contributed by atoms with Crippen LogP contribution in [0.1, 0.15) is 34.6 Å². The van der Waals surface area contributed by atoms with Crippen LogP contribution in [-0.4, -0.2) is 83.6 Å². The molecule has 2 heterocycles. The molecule has 2 rings (SSSR count). The first-order valence-corrected chi connectivity index (χ1v) is 9.83. The largest absolute Gasteiger partial charge is 0.357 e. The standard InChI is InChI=1S/C19H35N7.HI/c1-6-20-18(23-10-11-26(16(2)3)17(4)5)24-12-14-25(15-13-24)19-21-8-7-9-22-19;/h7-9,16-17H,6,10-15H2,1-5H3,(H,20,23);1H. The SMILES string of the molecule is CCNC(=NCCN(C(C)C)C(C)C)N1CCN(c2ncccn2)CC1.I. The van der Waals surface area contributed by atoms with E-state index in [9.17, 15) is 0 Å². The van der Waals surface area contributed by atoms with Crippen molar-refractivity contribution in [1.82, 2.24) is 25.1 Å². The summed E-state index contributed by atoms with van der Waals surface area (Å²) in [6.07, 6.45) is 3.60. The molecule has 7 nitrogen and oxygen atoms in total. The van der Waals surface area contributed by atoms with Crippen LogP contribution in [0, 0.1) is 0 Å². The van der Waals surface area contributed by atoms with E-state index in [4.69, 9.17) is 4.99 Å². The van der Waals surface area contributed by atoms with Crippen LogP contribution >= 0.6 is 24.0 Å². The summed E-state index contributed by atoms with van der Waals surface area (Å²) in [5.41, 5.74) is 0. The Labute approximate surface area is 181 Å². The average molecular weight is 489 g/mol. The van der Waals surface area contributed by atoms with E-state index >= 15 is 0 Å². The van der Waals surface area contributed by atoms with E-state index in [1.807, 2.05) is 6.07 Å². The molecule has 0 radical (unpaired) electrons. The van der Waals surface area contributed by atoms with Crippen molar-refractivity contribution < 1.29 is 0 Å². The summed E-state index contributed by atoms with van der Waals surface area (Å²) < 4.78 is 0. The molecule has 154 valence electrons. The predicted octanol–water partition coefficient (Wildman–Crippen LogP) is 2.30. The van der Waals surface area contributed by atoms with Crippen molar-refractivity contribution in [2.45, 2.75) is 46.7 Å². The number of halogens is 1. The second-order valence-corrected chi connectivity index (χ2v) is 7.18. The highest BCUT2D eigenvalue weighted by molar-refractivity contribution is 14.0. The van der Waals surface area contributed by atoms with Gasteiger partial charge >= 0.3 is 0 Å². The predicted molar refractivity (Wildman–Crippen MR) is 124 cm³/mol. The lowest BCUT2D eigenvalue weighted by atomic mass is 10.2. The van der Waals surface area contributed by atoms with Gasteiger partial charge in [-0.05, 0) is 40.7 Å². The maximum absolute atomic E-state index is 4.88. The molecule has 1 aliphatic heterocycles. The average Bonchev–Trinajstić information content (AvgIpc) is 2.64. The van der Waals surface area contributed by atoms with E-state index in [0.29, 0.717) is 12.1 Å². The summed E-state index contributed by atoms with van der Waals surface area (Å²) in [5, 5.41) is 3.45. The van der Waals surface area contributed by atoms with E-state index in [2.05, 4.69) is 64.6 Å². The van der Waals surface area contributed by atoms with Crippen LogP contribution in [0.4, 0.5) is 5.95 Å². The molecule has 1 aliphatic rings. The molecular weight excluding hydrogens is 453 g/mol. The van der Waals surface area contributed by atoms with Gasteiger partial charge in [-0.1, -0.05) is 0 Å². The van der Waals surface area contributed by atoms with Gasteiger partial charge in [-0.3, -0.25) is 9.89 Å². The Balaban J connectivity index is 0.00000364. The quantitative estimate of drug-likeness (QED) is 0.361. The normalized spacial score (nSPS) is 15.5. The van der Waals surface area contributed by atoms with E-state index in [0.717, 1.165) is 57.7 Å². The number of rotatable bonds is 7. The Morgan fingerprint density at radius 3 is 2.22 bits per heavy atom. The highest BCUT2D eigenvalue weighted by Gasteiger charge is 2.21. The number of aromatic nitrogens is 2. The second-order valence-electron chi connectivity index (χ2n) is 7.18. The number of nitrogens with one attached hydrogen (secondary N) is 1. The molecule has 1 aromatic rings. The third-order valence-corrected chi connectivity index (χ3v) is 4.70. The number of hydrogen-bond donors (Lipinski definition) is 1. The molecular formula is C19H36IN7. The smallest absolute Gasteiger partial charge is 0.225 e. The lowest BCUT2D eigenvalue weighted by Gasteiger charge is -2.36. The number of piperazine rings is 1. The third kappa shape index (κ3) is 7.40. The Morgan fingerprint density at radius 2 is 1.70 bits per heavy atom. The van der Waals surface area contributed by atoms with Gasteiger partial charge in [-0.15, -0.1) is 24.0 Å². The third-order valence-electron chi connectivity index (χ3n) is 4.70. The minimum atomic E-state index is 0. The molecule has 0 saturated carbocycles. The minimum Gasteiger partial charge on any atom is -0.357 e. The summed E-state index contributed by atoms with van der Waals surface area (Å²) >= 11 is 0. The molecule has 0 atom stereocenters. The molecule has 0 amide bonds. The van der Waals surface area contributed by atoms with E-state index in [-0.39, 0.29) is 24.0 Å². The number of hydrogen-bond acceptors (Lipinski definition) is 5. The lowest BCUT2D eigenvalue weighted by molar-refractivity contribution is 0.180. The van der Waals surface area contributed by atoms with Gasteiger partial charge < -0.3 is 15.1 Å². The molecule has 1 fully saturated rings. The molecule has 27 heavy (non-hydrogen) atoms. The van der Waals surface area contributed by atoms with Gasteiger partial charge in [0.25, 0.3) is 0 Å². The van der Waals surface area contributed by atoms with E-state index < -0.39 is 0 Å². The van der Waals surface area contributed by atoms with E-state index in [1.54, 1.807) is 12.4 Å². The first kappa shape index (κ1) is 23.9. The highest BCUT2D eigenvalue weighted by atomic mass is 127. The number of nitrogens with zero attached hydrogens (tertiary/aromatic N) is 6. The fraction of sp³-hybridized carbons (Fsp3) is 0.737. The van der Waals surface area contributed by atoms with Crippen LogP contribution in [0.2, 0.25) is 0 Å². The monoisotopic (exact) mass is 489 g/mol. The summed E-state index contributed by atoms with van der Waals surface area (Å²) in [6, 6.07) is 2.94. The maximum atomic E-state index is 4.88. The van der Waals surface area contributed by atoms with Crippen molar-refractivity contribution in [3.8, 4) is 0 Å². The summed E-state index contributed by atoms with van der Waals surface area (Å²) in [6.45, 7) is 17.5. The number of aliphatic imine (C=N–C) groups is 1. The van der Waals surface area contributed by atoms with Gasteiger partial charge in [0.1, 0.15) is 0 Å². The van der Waals surface area contributed by atoms with Crippen LogP contribution in [0.15, 0.2) is 23.5 Å². The molecule has 0 unspecified atom stereocenters. The topological polar surface area (TPSA) is 59.9 Å². The summed E-state index contributed by atoms with van der Waals surface area (Å²) in [4.78, 5) is 20.7. The zero-order chi connectivity index (χ0) is 18.9. The zero-order valence-corrected chi connectivity index (χ0v) is 19.8. The fourth-order valence-electron chi connectivity index (χ4n) is 3.38. The Bertz CT molecular complexity index is 534. The molecule has 0 aromatic carbocycles. The molecule has 0 bridgehead atoms. The molecule has 1 saturated heterocycles. The van der Waals surface area contributed by atoms with Crippen molar-refractivity contribution >= 4 is 35.9 Å². The van der Waals surface area contributed by atoms with Crippen LogP contribution in [0.25, 0.3) is 0 Å². The molecule has 0 spiro atoms. The van der Waals surface area contributed by atoms with Crippen molar-refractivity contribution in [3.05, 3.63) is 18.5 Å². The molecule has 1 N–H and O–H groups in total. The van der Waals surface area contributed by atoms with Crippen molar-refractivity contribution in [3.63, 3.8) is 0 Å². The summed E-state index contributed by atoms with van der Waals surface area (Å²) in [7, 11) is 0. The second kappa shape index (κ2) is 12.3. The van der Waals surface area contributed by atoms with Gasteiger partial charge in [0.15, 0.2) is 5.96 Å². The van der Waals surface area contributed by atoms with Crippen LogP contribution in [0.5, 0.6) is 0 Å².